The molecule has 2 rings (SSSR count). The van der Waals surface area contributed by atoms with Gasteiger partial charge in [-0.15, -0.1) is 0 Å². The molecule has 0 aliphatic rings. The van der Waals surface area contributed by atoms with Crippen molar-refractivity contribution in [3.8, 4) is 11.6 Å². The minimum atomic E-state index is 0.141. The lowest BCUT2D eigenvalue weighted by Crippen LogP contribution is -2.17. The normalized spacial score (nSPS) is 12.2. The van der Waals surface area contributed by atoms with E-state index in [0.717, 1.165) is 23.3 Å². The fourth-order valence-corrected chi connectivity index (χ4v) is 2.31. The van der Waals surface area contributed by atoms with Gasteiger partial charge in [-0.25, -0.2) is 4.98 Å². The molecule has 2 aromatic rings. The van der Waals surface area contributed by atoms with E-state index in [9.17, 15) is 0 Å². The molecule has 3 heteroatoms. The summed E-state index contributed by atoms with van der Waals surface area (Å²) in [5.74, 6) is 1.49. The number of hydrogen-bond acceptors (Lipinski definition) is 3. The number of rotatable bonds is 4. The maximum absolute atomic E-state index is 5.89. The Hall–Kier alpha value is -1.87. The van der Waals surface area contributed by atoms with Crippen LogP contribution in [0.1, 0.15) is 29.2 Å². The van der Waals surface area contributed by atoms with Gasteiger partial charge in [-0.1, -0.05) is 6.07 Å². The second kappa shape index (κ2) is 6.06. The highest BCUT2D eigenvalue weighted by Gasteiger charge is 2.07. The van der Waals surface area contributed by atoms with Crippen molar-refractivity contribution >= 4 is 0 Å². The number of benzene rings is 1. The van der Waals surface area contributed by atoms with E-state index in [2.05, 4.69) is 31.0 Å². The molecule has 0 spiro atoms. The van der Waals surface area contributed by atoms with Crippen molar-refractivity contribution < 1.29 is 4.74 Å². The first-order valence-corrected chi connectivity index (χ1v) is 6.91. The molecule has 20 heavy (non-hydrogen) atoms. The number of nitrogens with zero attached hydrogens (tertiary/aromatic N) is 1. The average Bonchev–Trinajstić information content (AvgIpc) is 2.30. The Morgan fingerprint density at radius 1 is 1.10 bits per heavy atom. The summed E-state index contributed by atoms with van der Waals surface area (Å²) in [6, 6.07) is 8.39. The van der Waals surface area contributed by atoms with Gasteiger partial charge in [-0.05, 0) is 69.0 Å². The van der Waals surface area contributed by atoms with Crippen LogP contribution >= 0.6 is 0 Å². The Kier molecular flexibility index (Phi) is 4.40. The fourth-order valence-electron chi connectivity index (χ4n) is 2.31. The lowest BCUT2D eigenvalue weighted by Gasteiger charge is -2.11. The van der Waals surface area contributed by atoms with Crippen molar-refractivity contribution in [1.82, 2.24) is 4.98 Å². The average molecular weight is 270 g/mol. The number of hydrogen-bond donors (Lipinski definition) is 1. The van der Waals surface area contributed by atoms with Gasteiger partial charge in [0.25, 0.3) is 0 Å². The Bertz CT molecular complexity index is 586. The maximum Gasteiger partial charge on any atom is 0.222 e. The molecule has 3 nitrogen and oxygen atoms in total. The maximum atomic E-state index is 5.89. The molecule has 0 bridgehead atoms. The van der Waals surface area contributed by atoms with E-state index in [1.165, 1.54) is 11.1 Å². The summed E-state index contributed by atoms with van der Waals surface area (Å²) in [6.07, 6.45) is 2.67. The zero-order chi connectivity index (χ0) is 14.7. The van der Waals surface area contributed by atoms with Crippen LogP contribution in [0.5, 0.6) is 11.6 Å². The smallest absolute Gasteiger partial charge is 0.222 e. The molecular formula is C17H22N2O. The number of aryl methyl sites for hydroxylation is 3. The molecule has 0 saturated heterocycles. The summed E-state index contributed by atoms with van der Waals surface area (Å²) in [6.45, 7) is 8.13. The molecule has 0 radical (unpaired) electrons. The second-order valence-electron chi connectivity index (χ2n) is 5.57. The quantitative estimate of drug-likeness (QED) is 0.921. The first-order valence-electron chi connectivity index (χ1n) is 6.91. The monoisotopic (exact) mass is 270 g/mol. The van der Waals surface area contributed by atoms with Crippen LogP contribution < -0.4 is 10.5 Å². The zero-order valence-corrected chi connectivity index (χ0v) is 12.6. The van der Waals surface area contributed by atoms with E-state index in [4.69, 9.17) is 10.5 Å². The number of aromatic nitrogens is 1. The van der Waals surface area contributed by atoms with Crippen molar-refractivity contribution in [2.24, 2.45) is 5.73 Å². The first kappa shape index (κ1) is 14.5. The van der Waals surface area contributed by atoms with Crippen LogP contribution in [-0.2, 0) is 6.42 Å². The summed E-state index contributed by atoms with van der Waals surface area (Å²) in [4.78, 5) is 4.41. The molecule has 106 valence electrons. The topological polar surface area (TPSA) is 48.1 Å². The molecule has 0 aliphatic heterocycles. The minimum Gasteiger partial charge on any atom is -0.439 e. The van der Waals surface area contributed by atoms with Crippen molar-refractivity contribution in [2.75, 3.05) is 0 Å². The largest absolute Gasteiger partial charge is 0.439 e. The van der Waals surface area contributed by atoms with Crippen molar-refractivity contribution in [3.63, 3.8) is 0 Å². The van der Waals surface area contributed by atoms with E-state index < -0.39 is 0 Å². The van der Waals surface area contributed by atoms with Crippen LogP contribution in [0.2, 0.25) is 0 Å². The van der Waals surface area contributed by atoms with Gasteiger partial charge in [0.05, 0.1) is 0 Å². The van der Waals surface area contributed by atoms with Gasteiger partial charge in [0, 0.05) is 17.8 Å². The standard InChI is InChI=1S/C17H22N2O/c1-11-5-12(2)7-16(6-11)20-17-13(3)8-15(10-19-17)9-14(4)18/h5-8,10,14H,9,18H2,1-4H3. The van der Waals surface area contributed by atoms with E-state index in [1.807, 2.05) is 32.2 Å². The molecule has 1 aromatic heterocycles. The van der Waals surface area contributed by atoms with E-state index in [-0.39, 0.29) is 6.04 Å². The van der Waals surface area contributed by atoms with Gasteiger partial charge in [-0.3, -0.25) is 0 Å². The molecule has 0 saturated carbocycles. The molecular weight excluding hydrogens is 248 g/mol. The third kappa shape index (κ3) is 3.81. The van der Waals surface area contributed by atoms with E-state index in [0.29, 0.717) is 5.88 Å². The SMILES string of the molecule is Cc1cc(C)cc(Oc2ncc(CC(C)N)cc2C)c1. The minimum absolute atomic E-state index is 0.141. The summed E-state index contributed by atoms with van der Waals surface area (Å²) in [5, 5.41) is 0. The molecule has 0 amide bonds. The van der Waals surface area contributed by atoms with Gasteiger partial charge in [-0.2, -0.15) is 0 Å². The van der Waals surface area contributed by atoms with Gasteiger partial charge in [0.15, 0.2) is 0 Å². The third-order valence-corrected chi connectivity index (χ3v) is 3.05. The molecule has 2 N–H and O–H groups in total. The van der Waals surface area contributed by atoms with Crippen molar-refractivity contribution in [2.45, 2.75) is 40.2 Å². The van der Waals surface area contributed by atoms with Crippen molar-refractivity contribution in [3.05, 3.63) is 52.7 Å². The second-order valence-corrected chi connectivity index (χ2v) is 5.57. The third-order valence-electron chi connectivity index (χ3n) is 3.05. The van der Waals surface area contributed by atoms with E-state index >= 15 is 0 Å². The highest BCUT2D eigenvalue weighted by atomic mass is 16.5. The van der Waals surface area contributed by atoms with Crippen LogP contribution in [0, 0.1) is 20.8 Å². The van der Waals surface area contributed by atoms with Gasteiger partial charge >= 0.3 is 0 Å². The predicted molar refractivity (Wildman–Crippen MR) is 82.3 cm³/mol. The Labute approximate surface area is 120 Å². The van der Waals surface area contributed by atoms with Gasteiger partial charge in [0.1, 0.15) is 5.75 Å². The van der Waals surface area contributed by atoms with Gasteiger partial charge in [0.2, 0.25) is 5.88 Å². The van der Waals surface area contributed by atoms with Gasteiger partial charge < -0.3 is 10.5 Å². The number of nitrogens with two attached hydrogens (primary N) is 1. The molecule has 1 atom stereocenters. The fraction of sp³-hybridized carbons (Fsp3) is 0.353. The highest BCUT2D eigenvalue weighted by Crippen LogP contribution is 2.25. The van der Waals surface area contributed by atoms with Crippen LogP contribution in [-0.4, -0.2) is 11.0 Å². The number of pyridine rings is 1. The highest BCUT2D eigenvalue weighted by molar-refractivity contribution is 5.38. The Balaban J connectivity index is 2.21. The first-order chi connectivity index (χ1) is 9.44. The lowest BCUT2D eigenvalue weighted by molar-refractivity contribution is 0.457. The summed E-state index contributed by atoms with van der Waals surface area (Å²) in [5.41, 5.74) is 10.4. The zero-order valence-electron chi connectivity index (χ0n) is 12.6. The lowest BCUT2D eigenvalue weighted by atomic mass is 10.1. The summed E-state index contributed by atoms with van der Waals surface area (Å²) >= 11 is 0. The number of ether oxygens (including phenoxy) is 1. The molecule has 0 fully saturated rings. The van der Waals surface area contributed by atoms with Crippen LogP contribution in [0.15, 0.2) is 30.5 Å². The Morgan fingerprint density at radius 3 is 2.30 bits per heavy atom. The summed E-state index contributed by atoms with van der Waals surface area (Å²) < 4.78 is 5.89. The molecule has 1 aromatic carbocycles. The Morgan fingerprint density at radius 2 is 1.75 bits per heavy atom. The van der Waals surface area contributed by atoms with Crippen LogP contribution in [0.25, 0.3) is 0 Å². The van der Waals surface area contributed by atoms with Crippen LogP contribution in [0.3, 0.4) is 0 Å². The molecule has 1 heterocycles. The van der Waals surface area contributed by atoms with Crippen molar-refractivity contribution in [1.29, 1.82) is 0 Å². The molecule has 1 unspecified atom stereocenters. The van der Waals surface area contributed by atoms with E-state index in [1.54, 1.807) is 0 Å². The van der Waals surface area contributed by atoms with Crippen LogP contribution in [0.4, 0.5) is 0 Å². The predicted octanol–water partition coefficient (Wildman–Crippen LogP) is 3.69. The molecule has 0 aliphatic carbocycles. The summed E-state index contributed by atoms with van der Waals surface area (Å²) in [7, 11) is 0.